The Labute approximate surface area is 215 Å². The summed E-state index contributed by atoms with van der Waals surface area (Å²) in [5, 5.41) is 10.7. The Morgan fingerprint density at radius 2 is 1.53 bits per heavy atom. The Bertz CT molecular complexity index is 1030. The first kappa shape index (κ1) is 34.9. The van der Waals surface area contributed by atoms with Crippen molar-refractivity contribution in [2.45, 2.75) is 67.7 Å². The largest absolute Gasteiger partial charge is 0.386 e. The number of nitrogens with one attached hydrogen (secondary N) is 2. The van der Waals surface area contributed by atoms with E-state index in [2.05, 4.69) is 36.5 Å². The molecule has 0 atom stereocenters. The van der Waals surface area contributed by atoms with Crippen LogP contribution in [0.1, 0.15) is 65.1 Å². The molecular formula is C28H44F2N4O2. The molecule has 0 aliphatic heterocycles. The monoisotopic (exact) mass is 506 g/mol. The van der Waals surface area contributed by atoms with E-state index in [0.717, 1.165) is 22.6 Å². The SMILES string of the molecule is C=O.C=O.CC.CC1CC1.CCC.CNc1cc2c(C)n(C)nc2c(F)c1Nc1ccc(C)cc1F. The molecule has 0 unspecified atom stereocenters. The van der Waals surface area contributed by atoms with Crippen molar-refractivity contribution in [2.24, 2.45) is 13.0 Å². The van der Waals surface area contributed by atoms with E-state index in [1.807, 2.05) is 40.4 Å². The van der Waals surface area contributed by atoms with Gasteiger partial charge in [0.25, 0.3) is 0 Å². The van der Waals surface area contributed by atoms with Crippen molar-refractivity contribution in [1.29, 1.82) is 0 Å². The fraction of sp³-hybridized carbons (Fsp3) is 0.464. The van der Waals surface area contributed by atoms with Gasteiger partial charge in [0.1, 0.15) is 30.6 Å². The van der Waals surface area contributed by atoms with Gasteiger partial charge < -0.3 is 20.2 Å². The second-order valence-corrected chi connectivity index (χ2v) is 7.97. The van der Waals surface area contributed by atoms with Crippen LogP contribution in [0.2, 0.25) is 0 Å². The molecule has 3 aromatic rings. The van der Waals surface area contributed by atoms with Gasteiger partial charge in [-0.1, -0.05) is 59.9 Å². The lowest BCUT2D eigenvalue weighted by Crippen LogP contribution is -2.02. The highest BCUT2D eigenvalue weighted by Gasteiger charge is 2.19. The van der Waals surface area contributed by atoms with Crippen LogP contribution < -0.4 is 10.6 Å². The maximum Gasteiger partial charge on any atom is 0.176 e. The molecule has 2 N–H and O–H groups in total. The zero-order valence-electron chi connectivity index (χ0n) is 23.4. The number of carbonyl (C=O) groups excluding carboxylic acids is 2. The average molecular weight is 507 g/mol. The quantitative estimate of drug-likeness (QED) is 0.380. The molecule has 2 aromatic carbocycles. The number of benzene rings is 2. The summed E-state index contributed by atoms with van der Waals surface area (Å²) in [5.41, 5.74) is 2.88. The normalized spacial score (nSPS) is 10.9. The number of rotatable bonds is 3. The summed E-state index contributed by atoms with van der Waals surface area (Å²) in [4.78, 5) is 16.0. The number of carbonyl (C=O) groups is 2. The highest BCUT2D eigenvalue weighted by Crippen LogP contribution is 2.35. The molecule has 1 aliphatic rings. The Balaban J connectivity index is 0. The topological polar surface area (TPSA) is 76.0 Å². The second kappa shape index (κ2) is 19.0. The third-order valence-electron chi connectivity index (χ3n) is 4.89. The summed E-state index contributed by atoms with van der Waals surface area (Å²) in [7, 11) is 3.46. The Morgan fingerprint density at radius 1 is 1.03 bits per heavy atom. The van der Waals surface area contributed by atoms with Crippen LogP contribution >= 0.6 is 0 Å². The first-order chi connectivity index (χ1) is 17.2. The minimum absolute atomic E-state index is 0.181. The van der Waals surface area contributed by atoms with Gasteiger partial charge in [-0.05, 0) is 43.5 Å². The van der Waals surface area contributed by atoms with E-state index in [1.165, 1.54) is 25.3 Å². The van der Waals surface area contributed by atoms with E-state index in [9.17, 15) is 8.78 Å². The van der Waals surface area contributed by atoms with E-state index >= 15 is 0 Å². The molecule has 1 aliphatic carbocycles. The highest BCUT2D eigenvalue weighted by molar-refractivity contribution is 5.93. The van der Waals surface area contributed by atoms with Gasteiger partial charge in [0.2, 0.25) is 0 Å². The van der Waals surface area contributed by atoms with Crippen LogP contribution in [0.25, 0.3) is 10.9 Å². The Kier molecular flexibility index (Phi) is 18.4. The number of hydrogen-bond acceptors (Lipinski definition) is 5. The van der Waals surface area contributed by atoms with Crippen LogP contribution in [-0.2, 0) is 16.6 Å². The molecule has 0 radical (unpaired) electrons. The molecule has 1 heterocycles. The van der Waals surface area contributed by atoms with Gasteiger partial charge in [0.05, 0.1) is 11.4 Å². The zero-order valence-corrected chi connectivity index (χ0v) is 23.4. The molecular weight excluding hydrogens is 462 g/mol. The average Bonchev–Trinajstić information content (AvgIpc) is 3.63. The van der Waals surface area contributed by atoms with Gasteiger partial charge >= 0.3 is 0 Å². The standard InChI is InChI=1S/C17H18F2N4.C4H8.C3H8.C2H6.2CH2O/c1-9-5-6-13(12(18)7-9)21-17-14(20-3)8-11-10(2)23(4)22-16(11)15(17)19;1-4-2-3-4;1-3-2;3*1-2/h5-8,20-21H,1-4H3;4H,2-3H2,1H3;3H2,1-2H3;1-2H3;2*1H2. The number of halogens is 2. The van der Waals surface area contributed by atoms with Crippen molar-refractivity contribution >= 4 is 41.5 Å². The second-order valence-electron chi connectivity index (χ2n) is 7.97. The summed E-state index contributed by atoms with van der Waals surface area (Å²) >= 11 is 0. The molecule has 0 amide bonds. The van der Waals surface area contributed by atoms with Gasteiger partial charge in [0, 0.05) is 25.2 Å². The predicted octanol–water partition coefficient (Wildman–Crippen LogP) is 7.74. The Hall–Kier alpha value is -3.29. The zero-order chi connectivity index (χ0) is 28.4. The summed E-state index contributed by atoms with van der Waals surface area (Å²) in [6.07, 6.45) is 4.22. The number of fused-ring (bicyclic) bond motifs is 1. The highest BCUT2D eigenvalue weighted by atomic mass is 19.1. The van der Waals surface area contributed by atoms with Crippen LogP contribution in [0.5, 0.6) is 0 Å². The molecule has 6 nitrogen and oxygen atoms in total. The fourth-order valence-electron chi connectivity index (χ4n) is 2.75. The summed E-state index contributed by atoms with van der Waals surface area (Å²) < 4.78 is 30.6. The molecule has 8 heteroatoms. The molecule has 36 heavy (non-hydrogen) atoms. The van der Waals surface area contributed by atoms with Crippen LogP contribution in [0, 0.1) is 31.4 Å². The van der Waals surface area contributed by atoms with Crippen molar-refractivity contribution in [3.8, 4) is 0 Å². The van der Waals surface area contributed by atoms with Gasteiger partial charge in [-0.15, -0.1) is 0 Å². The van der Waals surface area contributed by atoms with Crippen molar-refractivity contribution in [3.05, 3.63) is 47.2 Å². The van der Waals surface area contributed by atoms with Crippen LogP contribution in [0.3, 0.4) is 0 Å². The maximum absolute atomic E-state index is 14.9. The molecule has 1 fully saturated rings. The summed E-state index contributed by atoms with van der Waals surface area (Å²) in [5.74, 6) is 0.152. The van der Waals surface area contributed by atoms with E-state index in [4.69, 9.17) is 9.59 Å². The number of anilines is 3. The van der Waals surface area contributed by atoms with Gasteiger partial charge in [-0.25, -0.2) is 8.78 Å². The molecule has 0 bridgehead atoms. The van der Waals surface area contributed by atoms with Crippen molar-refractivity contribution in [2.75, 3.05) is 17.7 Å². The van der Waals surface area contributed by atoms with E-state index in [0.29, 0.717) is 5.69 Å². The summed E-state index contributed by atoms with van der Waals surface area (Å²) in [6, 6.07) is 6.58. The Morgan fingerprint density at radius 3 is 1.94 bits per heavy atom. The number of aromatic nitrogens is 2. The number of aryl methyl sites for hydroxylation is 3. The first-order valence-electron chi connectivity index (χ1n) is 12.2. The van der Waals surface area contributed by atoms with E-state index in [1.54, 1.807) is 37.8 Å². The third-order valence-corrected chi connectivity index (χ3v) is 4.89. The molecule has 0 spiro atoms. The van der Waals surface area contributed by atoms with E-state index < -0.39 is 11.6 Å². The minimum Gasteiger partial charge on any atom is -0.386 e. The number of nitrogens with zero attached hydrogens (tertiary/aromatic N) is 2. The number of hydrogen-bond donors (Lipinski definition) is 2. The smallest absolute Gasteiger partial charge is 0.176 e. The van der Waals surface area contributed by atoms with Gasteiger partial charge in [-0.2, -0.15) is 5.10 Å². The lowest BCUT2D eigenvalue weighted by molar-refractivity contribution is -0.0987. The fourth-order valence-corrected chi connectivity index (χ4v) is 2.75. The lowest BCUT2D eigenvalue weighted by atomic mass is 10.1. The molecule has 0 saturated heterocycles. The van der Waals surface area contributed by atoms with Crippen molar-refractivity contribution in [3.63, 3.8) is 0 Å². The van der Waals surface area contributed by atoms with Crippen LogP contribution in [0.4, 0.5) is 25.8 Å². The summed E-state index contributed by atoms with van der Waals surface area (Å²) in [6.45, 7) is 18.2. The van der Waals surface area contributed by atoms with E-state index in [-0.39, 0.29) is 16.9 Å². The first-order valence-corrected chi connectivity index (χ1v) is 12.2. The van der Waals surface area contributed by atoms with Crippen molar-refractivity contribution in [1.82, 2.24) is 9.78 Å². The van der Waals surface area contributed by atoms with Gasteiger partial charge in [0.15, 0.2) is 5.82 Å². The molecule has 202 valence electrons. The van der Waals surface area contributed by atoms with Gasteiger partial charge in [-0.3, -0.25) is 4.68 Å². The van der Waals surface area contributed by atoms with Crippen molar-refractivity contribution < 1.29 is 18.4 Å². The molecule has 4 rings (SSSR count). The predicted molar refractivity (Wildman–Crippen MR) is 149 cm³/mol. The third kappa shape index (κ3) is 10.5. The van der Waals surface area contributed by atoms with Crippen LogP contribution in [0.15, 0.2) is 24.3 Å². The van der Waals surface area contributed by atoms with Crippen LogP contribution in [-0.4, -0.2) is 30.4 Å². The molecule has 1 aromatic heterocycles. The minimum atomic E-state index is -0.504. The molecule has 1 saturated carbocycles. The maximum atomic E-state index is 14.9. The lowest BCUT2D eigenvalue weighted by Gasteiger charge is -2.14.